The fraction of sp³-hybridized carbons (Fsp3) is 0.500. The number of anilines is 1. The minimum absolute atomic E-state index is 0.360. The Morgan fingerprint density at radius 3 is 2.45 bits per heavy atom. The van der Waals surface area contributed by atoms with E-state index in [0.29, 0.717) is 36.7 Å². The van der Waals surface area contributed by atoms with E-state index in [1.54, 1.807) is 18.2 Å². The maximum Gasteiger partial charge on any atom is 0.301 e. The van der Waals surface area contributed by atoms with Crippen LogP contribution in [0.3, 0.4) is 0 Å². The molecule has 0 atom stereocenters. The van der Waals surface area contributed by atoms with Crippen molar-refractivity contribution >= 4 is 15.9 Å². The Morgan fingerprint density at radius 2 is 1.90 bits per heavy atom. The molecule has 0 aliphatic rings. The molecule has 1 aromatic rings. The number of nitrogens with zero attached hydrogens (tertiary/aromatic N) is 1. The summed E-state index contributed by atoms with van der Waals surface area (Å²) in [6.45, 7) is 0.801. The number of rotatable bonds is 8. The summed E-state index contributed by atoms with van der Waals surface area (Å²) in [7, 11) is 0.906. The number of ether oxygens (including phenoxy) is 2. The lowest BCUT2D eigenvalue weighted by atomic mass is 10.3. The minimum atomic E-state index is -3.60. The van der Waals surface area contributed by atoms with Crippen LogP contribution in [0.15, 0.2) is 18.2 Å². The third-order valence-electron chi connectivity index (χ3n) is 2.72. The van der Waals surface area contributed by atoms with E-state index in [2.05, 4.69) is 4.72 Å². The number of nitrogens with one attached hydrogen (secondary N) is 1. The van der Waals surface area contributed by atoms with Crippen molar-refractivity contribution in [1.82, 2.24) is 4.31 Å². The summed E-state index contributed by atoms with van der Waals surface area (Å²) >= 11 is 0. The van der Waals surface area contributed by atoms with Crippen LogP contribution in [0.1, 0.15) is 6.42 Å². The van der Waals surface area contributed by atoms with Crippen molar-refractivity contribution in [3.05, 3.63) is 18.2 Å². The molecule has 0 spiro atoms. The summed E-state index contributed by atoms with van der Waals surface area (Å²) in [4.78, 5) is 0. The van der Waals surface area contributed by atoms with E-state index in [1.165, 1.54) is 25.6 Å². The Kier molecular flexibility index (Phi) is 6.05. The Hall–Kier alpha value is -1.51. The van der Waals surface area contributed by atoms with E-state index in [0.717, 1.165) is 0 Å². The van der Waals surface area contributed by atoms with Crippen molar-refractivity contribution in [1.29, 1.82) is 0 Å². The number of hydrogen-bond donors (Lipinski definition) is 2. The predicted octanol–water partition coefficient (Wildman–Crippen LogP) is 0.641. The van der Waals surface area contributed by atoms with Crippen LogP contribution in [-0.4, -0.2) is 47.1 Å². The molecule has 1 rings (SSSR count). The van der Waals surface area contributed by atoms with E-state index in [9.17, 15) is 8.42 Å². The standard InChI is InChI=1S/C12H21N3O4S/c1-15(8-4-7-13)20(16,17)14-10-5-6-11(18-2)12(9-10)19-3/h5-6,9,14H,4,7-8,13H2,1-3H3. The average Bonchev–Trinajstić information content (AvgIpc) is 2.43. The normalized spacial score (nSPS) is 11.4. The summed E-state index contributed by atoms with van der Waals surface area (Å²) in [5.74, 6) is 0.990. The molecule has 3 N–H and O–H groups in total. The van der Waals surface area contributed by atoms with Gasteiger partial charge in [0.15, 0.2) is 11.5 Å². The Labute approximate surface area is 119 Å². The number of methoxy groups -OCH3 is 2. The van der Waals surface area contributed by atoms with E-state index < -0.39 is 10.2 Å². The molecule has 0 bridgehead atoms. The van der Waals surface area contributed by atoms with Gasteiger partial charge in [0, 0.05) is 19.7 Å². The first kappa shape index (κ1) is 16.5. The molecule has 0 unspecified atom stereocenters. The van der Waals surface area contributed by atoms with Crippen molar-refractivity contribution in [3.63, 3.8) is 0 Å². The monoisotopic (exact) mass is 303 g/mol. The van der Waals surface area contributed by atoms with Gasteiger partial charge in [-0.25, -0.2) is 0 Å². The predicted molar refractivity (Wildman–Crippen MR) is 78.4 cm³/mol. The lowest BCUT2D eigenvalue weighted by Gasteiger charge is -2.18. The van der Waals surface area contributed by atoms with Gasteiger partial charge in [0.25, 0.3) is 0 Å². The summed E-state index contributed by atoms with van der Waals surface area (Å²) in [5.41, 5.74) is 5.78. The number of hydrogen-bond acceptors (Lipinski definition) is 5. The van der Waals surface area contributed by atoms with Crippen LogP contribution in [0.2, 0.25) is 0 Å². The van der Waals surface area contributed by atoms with Gasteiger partial charge >= 0.3 is 10.2 Å². The topological polar surface area (TPSA) is 93.9 Å². The van der Waals surface area contributed by atoms with Gasteiger partial charge in [-0.05, 0) is 25.1 Å². The molecule has 0 radical (unpaired) electrons. The SMILES string of the molecule is COc1ccc(NS(=O)(=O)N(C)CCCN)cc1OC. The highest BCUT2D eigenvalue weighted by Gasteiger charge is 2.17. The highest BCUT2D eigenvalue weighted by Crippen LogP contribution is 2.30. The van der Waals surface area contributed by atoms with Crippen molar-refractivity contribution < 1.29 is 17.9 Å². The zero-order chi connectivity index (χ0) is 15.2. The largest absolute Gasteiger partial charge is 0.493 e. The highest BCUT2D eigenvalue weighted by molar-refractivity contribution is 7.90. The van der Waals surface area contributed by atoms with Crippen LogP contribution < -0.4 is 19.9 Å². The smallest absolute Gasteiger partial charge is 0.301 e. The third kappa shape index (κ3) is 4.26. The van der Waals surface area contributed by atoms with E-state index >= 15 is 0 Å². The highest BCUT2D eigenvalue weighted by atomic mass is 32.2. The van der Waals surface area contributed by atoms with Gasteiger partial charge < -0.3 is 15.2 Å². The van der Waals surface area contributed by atoms with E-state index in [4.69, 9.17) is 15.2 Å². The third-order valence-corrected chi connectivity index (χ3v) is 4.21. The average molecular weight is 303 g/mol. The van der Waals surface area contributed by atoms with Gasteiger partial charge in [-0.2, -0.15) is 12.7 Å². The van der Waals surface area contributed by atoms with Crippen LogP contribution in [0, 0.1) is 0 Å². The summed E-state index contributed by atoms with van der Waals surface area (Å²) in [5, 5.41) is 0. The van der Waals surface area contributed by atoms with Crippen molar-refractivity contribution in [2.75, 3.05) is 39.1 Å². The zero-order valence-electron chi connectivity index (χ0n) is 11.9. The summed E-state index contributed by atoms with van der Waals surface area (Å²) in [6.07, 6.45) is 0.601. The van der Waals surface area contributed by atoms with Gasteiger partial charge in [0.05, 0.1) is 19.9 Å². The molecular formula is C12H21N3O4S. The first-order valence-electron chi connectivity index (χ1n) is 6.10. The maximum atomic E-state index is 12.1. The zero-order valence-corrected chi connectivity index (χ0v) is 12.7. The second-order valence-electron chi connectivity index (χ2n) is 4.14. The molecule has 114 valence electrons. The molecule has 7 nitrogen and oxygen atoms in total. The van der Waals surface area contributed by atoms with Crippen molar-refractivity contribution in [3.8, 4) is 11.5 Å². The molecule has 0 aliphatic carbocycles. The van der Waals surface area contributed by atoms with Crippen LogP contribution in [-0.2, 0) is 10.2 Å². The Bertz CT molecular complexity index is 534. The van der Waals surface area contributed by atoms with Crippen LogP contribution in [0.5, 0.6) is 11.5 Å². The molecule has 0 fully saturated rings. The Balaban J connectivity index is 2.87. The molecule has 0 saturated carbocycles. The van der Waals surface area contributed by atoms with Gasteiger partial charge in [0.1, 0.15) is 0 Å². The van der Waals surface area contributed by atoms with Gasteiger partial charge in [-0.1, -0.05) is 0 Å². The Morgan fingerprint density at radius 1 is 1.25 bits per heavy atom. The molecule has 8 heteroatoms. The summed E-state index contributed by atoms with van der Waals surface area (Å²) in [6, 6.07) is 4.80. The molecular weight excluding hydrogens is 282 g/mol. The lowest BCUT2D eigenvalue weighted by Crippen LogP contribution is -2.34. The number of nitrogens with two attached hydrogens (primary N) is 1. The molecule has 0 saturated heterocycles. The fourth-order valence-electron chi connectivity index (χ4n) is 1.56. The fourth-order valence-corrected chi connectivity index (χ4v) is 2.51. The maximum absolute atomic E-state index is 12.1. The molecule has 0 aromatic heterocycles. The first-order valence-corrected chi connectivity index (χ1v) is 7.54. The first-order chi connectivity index (χ1) is 9.44. The molecule has 0 aliphatic heterocycles. The number of benzene rings is 1. The molecule has 0 amide bonds. The minimum Gasteiger partial charge on any atom is -0.493 e. The molecule has 1 aromatic carbocycles. The van der Waals surface area contributed by atoms with Gasteiger partial charge in [0.2, 0.25) is 0 Å². The quantitative estimate of drug-likeness (QED) is 0.735. The van der Waals surface area contributed by atoms with Gasteiger partial charge in [-0.15, -0.1) is 0 Å². The summed E-state index contributed by atoms with van der Waals surface area (Å²) < 4.78 is 38.0. The second-order valence-corrected chi connectivity index (χ2v) is 5.92. The van der Waals surface area contributed by atoms with Gasteiger partial charge in [-0.3, -0.25) is 4.72 Å². The molecule has 20 heavy (non-hydrogen) atoms. The van der Waals surface area contributed by atoms with Crippen LogP contribution in [0.25, 0.3) is 0 Å². The van der Waals surface area contributed by atoms with E-state index in [-0.39, 0.29) is 0 Å². The lowest BCUT2D eigenvalue weighted by molar-refractivity contribution is 0.355. The second kappa shape index (κ2) is 7.32. The molecule has 0 heterocycles. The van der Waals surface area contributed by atoms with Crippen molar-refractivity contribution in [2.24, 2.45) is 5.73 Å². The van der Waals surface area contributed by atoms with Crippen molar-refractivity contribution in [2.45, 2.75) is 6.42 Å². The van der Waals surface area contributed by atoms with Crippen LogP contribution in [0.4, 0.5) is 5.69 Å². The van der Waals surface area contributed by atoms with Crippen LogP contribution >= 0.6 is 0 Å². The van der Waals surface area contributed by atoms with E-state index in [1.807, 2.05) is 0 Å².